The van der Waals surface area contributed by atoms with Crippen LogP contribution in [0, 0.1) is 5.92 Å². The molecule has 1 amide bonds. The highest BCUT2D eigenvalue weighted by Gasteiger charge is 2.17. The molecule has 5 heteroatoms. The first-order valence-electron chi connectivity index (χ1n) is 6.24. The van der Waals surface area contributed by atoms with Crippen LogP contribution < -0.4 is 10.1 Å². The van der Waals surface area contributed by atoms with Gasteiger partial charge in [0.05, 0.1) is 23.8 Å². The molecule has 0 spiro atoms. The van der Waals surface area contributed by atoms with Gasteiger partial charge in [-0.3, -0.25) is 4.79 Å². The van der Waals surface area contributed by atoms with E-state index >= 15 is 0 Å². The fourth-order valence-corrected chi connectivity index (χ4v) is 2.17. The maximum atomic E-state index is 12.1. The second-order valence-corrected chi connectivity index (χ2v) is 5.12. The second-order valence-electron chi connectivity index (χ2n) is 4.72. The third-order valence-corrected chi connectivity index (χ3v) is 3.09. The summed E-state index contributed by atoms with van der Waals surface area (Å²) in [6.07, 6.45) is 0.265. The summed E-state index contributed by atoms with van der Waals surface area (Å²) in [6, 6.07) is 5.08. The fourth-order valence-electron chi connectivity index (χ4n) is 1.92. The Morgan fingerprint density at radius 2 is 2.16 bits per heavy atom. The highest BCUT2D eigenvalue weighted by Crippen LogP contribution is 2.25. The molecule has 0 aliphatic heterocycles. The molecule has 0 bridgehead atoms. The van der Waals surface area contributed by atoms with Crippen molar-refractivity contribution in [2.24, 2.45) is 5.92 Å². The lowest BCUT2D eigenvalue weighted by Crippen LogP contribution is -2.30. The normalized spacial score (nSPS) is 13.7. The minimum absolute atomic E-state index is 0.192. The predicted molar refractivity (Wildman–Crippen MR) is 75.8 cm³/mol. The summed E-state index contributed by atoms with van der Waals surface area (Å²) in [4.78, 5) is 12.1. The van der Waals surface area contributed by atoms with E-state index < -0.39 is 0 Å². The molecule has 1 rings (SSSR count). The number of hydrogen-bond donors (Lipinski definition) is 2. The molecule has 2 unspecified atom stereocenters. The number of aliphatic hydroxyl groups is 1. The van der Waals surface area contributed by atoms with E-state index in [0.29, 0.717) is 29.3 Å². The van der Waals surface area contributed by atoms with Gasteiger partial charge in [0.25, 0.3) is 5.91 Å². The summed E-state index contributed by atoms with van der Waals surface area (Å²) in [5, 5.41) is 12.4. The Hall–Kier alpha value is -1.26. The Balaban J connectivity index is 2.68. The number of nitrogens with one attached hydrogen (secondary N) is 1. The van der Waals surface area contributed by atoms with E-state index in [4.69, 9.17) is 16.3 Å². The van der Waals surface area contributed by atoms with Gasteiger partial charge in [-0.2, -0.15) is 0 Å². The number of carbonyl (C=O) groups excluding carboxylic acids is 1. The third kappa shape index (κ3) is 4.73. The van der Waals surface area contributed by atoms with Crippen LogP contribution in [-0.2, 0) is 0 Å². The zero-order valence-electron chi connectivity index (χ0n) is 11.4. The zero-order valence-corrected chi connectivity index (χ0v) is 12.2. The lowest BCUT2D eigenvalue weighted by atomic mass is 10.0. The average molecular weight is 286 g/mol. The van der Waals surface area contributed by atoms with Crippen molar-refractivity contribution in [1.82, 2.24) is 5.32 Å². The first kappa shape index (κ1) is 15.8. The number of aliphatic hydroxyl groups excluding tert-OH is 1. The molecule has 0 saturated heterocycles. The number of rotatable bonds is 6. The minimum atomic E-state index is -0.373. The summed E-state index contributed by atoms with van der Waals surface area (Å²) in [5.41, 5.74) is 0.343. The van der Waals surface area contributed by atoms with Gasteiger partial charge in [0, 0.05) is 6.54 Å². The maximum absolute atomic E-state index is 12.1. The van der Waals surface area contributed by atoms with Gasteiger partial charge in [0.2, 0.25) is 0 Å². The largest absolute Gasteiger partial charge is 0.496 e. The molecule has 0 aliphatic rings. The van der Waals surface area contributed by atoms with Crippen molar-refractivity contribution in [3.8, 4) is 5.75 Å². The summed E-state index contributed by atoms with van der Waals surface area (Å²) < 4.78 is 5.13. The topological polar surface area (TPSA) is 58.6 Å². The zero-order chi connectivity index (χ0) is 14.4. The average Bonchev–Trinajstić information content (AvgIpc) is 2.34. The molecule has 0 aromatic heterocycles. The Labute approximate surface area is 118 Å². The Bertz CT molecular complexity index is 435. The molecule has 2 N–H and O–H groups in total. The van der Waals surface area contributed by atoms with Crippen molar-refractivity contribution in [3.05, 3.63) is 28.8 Å². The van der Waals surface area contributed by atoms with Crippen LogP contribution >= 0.6 is 11.6 Å². The van der Waals surface area contributed by atoms with Crippen LogP contribution in [0.2, 0.25) is 5.02 Å². The SMILES string of the molecule is COc1cccc(Cl)c1C(=O)NCC(C)CC(C)O. The summed E-state index contributed by atoms with van der Waals surface area (Å²) in [7, 11) is 1.50. The van der Waals surface area contributed by atoms with Gasteiger partial charge in [-0.15, -0.1) is 0 Å². The van der Waals surface area contributed by atoms with Crippen LogP contribution in [0.1, 0.15) is 30.6 Å². The van der Waals surface area contributed by atoms with E-state index in [9.17, 15) is 9.90 Å². The summed E-state index contributed by atoms with van der Waals surface area (Å²) >= 11 is 6.02. The Morgan fingerprint density at radius 1 is 1.47 bits per heavy atom. The van der Waals surface area contributed by atoms with Crippen LogP contribution in [-0.4, -0.2) is 30.8 Å². The van der Waals surface area contributed by atoms with Crippen LogP contribution in [0.3, 0.4) is 0 Å². The standard InChI is InChI=1S/C14H20ClNO3/c1-9(7-10(2)17)8-16-14(18)13-11(15)5-4-6-12(13)19-3/h4-6,9-10,17H,7-8H2,1-3H3,(H,16,18). The number of benzene rings is 1. The lowest BCUT2D eigenvalue weighted by molar-refractivity contribution is 0.0936. The quantitative estimate of drug-likeness (QED) is 0.844. The smallest absolute Gasteiger partial charge is 0.256 e. The molecule has 4 nitrogen and oxygen atoms in total. The number of amides is 1. The highest BCUT2D eigenvalue weighted by atomic mass is 35.5. The van der Waals surface area contributed by atoms with Crippen molar-refractivity contribution in [2.45, 2.75) is 26.4 Å². The Kier molecular flexibility index (Phi) is 6.12. The lowest BCUT2D eigenvalue weighted by Gasteiger charge is -2.15. The number of carbonyl (C=O) groups is 1. The van der Waals surface area contributed by atoms with Crippen LogP contribution in [0.25, 0.3) is 0 Å². The van der Waals surface area contributed by atoms with Gasteiger partial charge in [0.1, 0.15) is 5.75 Å². The molecule has 106 valence electrons. The molecule has 1 aromatic carbocycles. The molecule has 19 heavy (non-hydrogen) atoms. The molecule has 0 radical (unpaired) electrons. The van der Waals surface area contributed by atoms with Crippen molar-refractivity contribution in [2.75, 3.05) is 13.7 Å². The third-order valence-electron chi connectivity index (χ3n) is 2.78. The number of hydrogen-bond acceptors (Lipinski definition) is 3. The van der Waals surface area contributed by atoms with E-state index in [1.807, 2.05) is 6.92 Å². The van der Waals surface area contributed by atoms with Crippen LogP contribution in [0.5, 0.6) is 5.75 Å². The van der Waals surface area contributed by atoms with Gasteiger partial charge < -0.3 is 15.2 Å². The number of methoxy groups -OCH3 is 1. The summed E-state index contributed by atoms with van der Waals surface area (Å²) in [5.74, 6) is 0.380. The van der Waals surface area contributed by atoms with E-state index in [1.165, 1.54) is 7.11 Å². The fraction of sp³-hybridized carbons (Fsp3) is 0.500. The summed E-state index contributed by atoms with van der Waals surface area (Å²) in [6.45, 7) is 4.18. The van der Waals surface area contributed by atoms with Crippen LogP contribution in [0.15, 0.2) is 18.2 Å². The molecular weight excluding hydrogens is 266 g/mol. The van der Waals surface area contributed by atoms with Gasteiger partial charge in [-0.25, -0.2) is 0 Å². The van der Waals surface area contributed by atoms with Crippen molar-refractivity contribution < 1.29 is 14.6 Å². The molecule has 0 fully saturated rings. The van der Waals surface area contributed by atoms with Crippen molar-refractivity contribution in [3.63, 3.8) is 0 Å². The molecule has 2 atom stereocenters. The van der Waals surface area contributed by atoms with E-state index in [0.717, 1.165) is 0 Å². The maximum Gasteiger partial charge on any atom is 0.256 e. The van der Waals surface area contributed by atoms with E-state index in [2.05, 4.69) is 5.32 Å². The minimum Gasteiger partial charge on any atom is -0.496 e. The number of halogens is 1. The van der Waals surface area contributed by atoms with Crippen molar-refractivity contribution in [1.29, 1.82) is 0 Å². The van der Waals surface area contributed by atoms with Crippen molar-refractivity contribution >= 4 is 17.5 Å². The van der Waals surface area contributed by atoms with Gasteiger partial charge in [0.15, 0.2) is 0 Å². The van der Waals surface area contributed by atoms with Gasteiger partial charge >= 0.3 is 0 Å². The van der Waals surface area contributed by atoms with E-state index in [1.54, 1.807) is 25.1 Å². The second kappa shape index (κ2) is 7.36. The molecule has 0 saturated carbocycles. The predicted octanol–water partition coefficient (Wildman–Crippen LogP) is 2.49. The Morgan fingerprint density at radius 3 is 2.74 bits per heavy atom. The van der Waals surface area contributed by atoms with E-state index in [-0.39, 0.29) is 17.9 Å². The molecule has 0 heterocycles. The van der Waals surface area contributed by atoms with Gasteiger partial charge in [-0.05, 0) is 31.4 Å². The first-order valence-corrected chi connectivity index (χ1v) is 6.62. The first-order chi connectivity index (χ1) is 8.95. The molecule has 1 aromatic rings. The van der Waals surface area contributed by atoms with Gasteiger partial charge in [-0.1, -0.05) is 24.6 Å². The highest BCUT2D eigenvalue weighted by molar-refractivity contribution is 6.34. The molecule has 0 aliphatic carbocycles. The number of ether oxygens (including phenoxy) is 1. The monoisotopic (exact) mass is 285 g/mol. The molecular formula is C14H20ClNO3. The van der Waals surface area contributed by atoms with Crippen LogP contribution in [0.4, 0.5) is 0 Å².